The normalized spacial score (nSPS) is 16.1. The number of benzene rings is 9. The van der Waals surface area contributed by atoms with Gasteiger partial charge in [0.15, 0.2) is 0 Å². The summed E-state index contributed by atoms with van der Waals surface area (Å²) in [5, 5.41) is 2.29. The molecule has 334 valence electrons. The zero-order chi connectivity index (χ0) is 45.5. The minimum atomic E-state index is -0.457. The molecule has 2 nitrogen and oxygen atoms in total. The molecule has 0 saturated heterocycles. The number of hydrogen-bond acceptors (Lipinski definition) is 2. The van der Waals surface area contributed by atoms with Crippen LogP contribution in [0.2, 0.25) is 0 Å². The summed E-state index contributed by atoms with van der Waals surface area (Å²) < 4.78 is 6.57. The summed E-state index contributed by atoms with van der Waals surface area (Å²) in [6.45, 7) is 0. The van der Waals surface area contributed by atoms with Crippen molar-refractivity contribution in [3.63, 3.8) is 0 Å². The van der Waals surface area contributed by atoms with Crippen molar-refractivity contribution >= 4 is 39.0 Å². The Hall–Kier alpha value is -7.42. The number of rotatable bonds is 7. The van der Waals surface area contributed by atoms with Gasteiger partial charge in [0.25, 0.3) is 0 Å². The van der Waals surface area contributed by atoms with Gasteiger partial charge in [0.1, 0.15) is 11.2 Å². The lowest BCUT2D eigenvalue weighted by Gasteiger charge is -2.33. The van der Waals surface area contributed by atoms with E-state index in [0.29, 0.717) is 11.8 Å². The second-order valence-electron chi connectivity index (χ2n) is 20.3. The minimum absolute atomic E-state index is 0.457. The Morgan fingerprint density at radius 1 is 0.377 bits per heavy atom. The minimum Gasteiger partial charge on any atom is -0.455 e. The van der Waals surface area contributed by atoms with Crippen LogP contribution in [-0.4, -0.2) is 0 Å². The van der Waals surface area contributed by atoms with E-state index in [-0.39, 0.29) is 0 Å². The summed E-state index contributed by atoms with van der Waals surface area (Å²) in [7, 11) is 0. The first-order valence-corrected chi connectivity index (χ1v) is 25.7. The van der Waals surface area contributed by atoms with E-state index in [2.05, 4.69) is 205 Å². The van der Waals surface area contributed by atoms with Crippen molar-refractivity contribution in [2.45, 2.75) is 81.5 Å². The predicted octanol–water partition coefficient (Wildman–Crippen LogP) is 18.8. The first kappa shape index (κ1) is 40.6. The maximum atomic E-state index is 6.57. The highest BCUT2D eigenvalue weighted by Gasteiger charge is 2.53. The standard InChI is InChI=1S/C67H55NO/c1-4-18-44(19-5-1)48-36-40-53-54-41-37-49(45-20-6-2-7-21-45)43-61(54)67(60(53)42-48)58-29-13-10-26-57(58)65-59(67)30-17-32-63(65)68(62-31-14-11-24-51(62)46-22-8-3-9-23-46)50-38-34-47(35-39-50)52-27-16-28-56-55-25-12-15-33-64(55)69-66(52)56/h3,8-17,22-45H,1-2,4-7,18-21H2. The number of anilines is 3. The van der Waals surface area contributed by atoms with Crippen molar-refractivity contribution in [1.29, 1.82) is 0 Å². The molecule has 0 amide bonds. The van der Waals surface area contributed by atoms with Crippen molar-refractivity contribution in [3.05, 3.63) is 234 Å². The number of para-hydroxylation sites is 3. The number of nitrogens with zero attached hydrogens (tertiary/aromatic N) is 1. The molecule has 10 aromatic rings. The van der Waals surface area contributed by atoms with E-state index in [1.165, 1.54) is 137 Å². The molecule has 0 aliphatic heterocycles. The van der Waals surface area contributed by atoms with Gasteiger partial charge in [-0.1, -0.05) is 208 Å². The van der Waals surface area contributed by atoms with E-state index in [9.17, 15) is 0 Å². The van der Waals surface area contributed by atoms with Gasteiger partial charge in [-0.05, 0) is 129 Å². The highest BCUT2D eigenvalue weighted by Crippen LogP contribution is 2.65. The summed E-state index contributed by atoms with van der Waals surface area (Å²) in [5.74, 6) is 1.22. The fraction of sp³-hybridized carbons (Fsp3) is 0.194. The first-order chi connectivity index (χ1) is 34.2. The Morgan fingerprint density at radius 2 is 0.928 bits per heavy atom. The van der Waals surface area contributed by atoms with Gasteiger partial charge >= 0.3 is 0 Å². The lowest BCUT2D eigenvalue weighted by molar-refractivity contribution is 0.443. The van der Waals surface area contributed by atoms with Gasteiger partial charge in [-0.15, -0.1) is 0 Å². The van der Waals surface area contributed by atoms with Gasteiger partial charge in [0.2, 0.25) is 0 Å². The van der Waals surface area contributed by atoms with E-state index in [0.717, 1.165) is 44.4 Å². The van der Waals surface area contributed by atoms with Gasteiger partial charge in [-0.25, -0.2) is 0 Å². The lowest BCUT2D eigenvalue weighted by atomic mass is 9.69. The Morgan fingerprint density at radius 3 is 1.65 bits per heavy atom. The van der Waals surface area contributed by atoms with E-state index in [1.54, 1.807) is 0 Å². The van der Waals surface area contributed by atoms with Crippen LogP contribution in [0.1, 0.15) is 109 Å². The Balaban J connectivity index is 1.01. The third kappa shape index (κ3) is 6.31. The van der Waals surface area contributed by atoms with Gasteiger partial charge in [-0.3, -0.25) is 0 Å². The lowest BCUT2D eigenvalue weighted by Crippen LogP contribution is -2.26. The number of furan rings is 1. The van der Waals surface area contributed by atoms with Crippen LogP contribution in [0, 0.1) is 0 Å². The summed E-state index contributed by atoms with van der Waals surface area (Å²) in [6, 6.07) is 76.0. The quantitative estimate of drug-likeness (QED) is 0.159. The maximum absolute atomic E-state index is 6.57. The van der Waals surface area contributed by atoms with Gasteiger partial charge in [-0.2, -0.15) is 0 Å². The monoisotopic (exact) mass is 889 g/mol. The SMILES string of the molecule is c1ccc(-c2ccccc2N(c2ccc(-c3cccc4c3oc3ccccc34)cc2)c2cccc3c2-c2ccccc2C32c3cc(C4CCCCC4)ccc3-c3ccc(C4CCCCC4)cc32)cc1. The molecule has 1 spiro atoms. The second-order valence-corrected chi connectivity index (χ2v) is 20.3. The average Bonchev–Trinajstić information content (AvgIpc) is 4.06. The molecule has 1 heterocycles. The molecule has 69 heavy (non-hydrogen) atoms. The van der Waals surface area contributed by atoms with Crippen LogP contribution in [0.3, 0.4) is 0 Å². The van der Waals surface area contributed by atoms with Gasteiger partial charge < -0.3 is 9.32 Å². The molecule has 9 aromatic carbocycles. The van der Waals surface area contributed by atoms with E-state index in [1.807, 2.05) is 0 Å². The molecule has 2 heteroatoms. The molecule has 2 fully saturated rings. The van der Waals surface area contributed by atoms with Crippen molar-refractivity contribution in [2.75, 3.05) is 4.90 Å². The van der Waals surface area contributed by atoms with E-state index < -0.39 is 5.41 Å². The second kappa shape index (κ2) is 16.4. The molecule has 14 rings (SSSR count). The highest BCUT2D eigenvalue weighted by atomic mass is 16.3. The van der Waals surface area contributed by atoms with Crippen LogP contribution < -0.4 is 4.90 Å². The van der Waals surface area contributed by atoms with E-state index in [4.69, 9.17) is 4.42 Å². The van der Waals surface area contributed by atoms with Crippen LogP contribution in [0.4, 0.5) is 17.1 Å². The predicted molar refractivity (Wildman–Crippen MR) is 287 cm³/mol. The smallest absolute Gasteiger partial charge is 0.143 e. The molecular weight excluding hydrogens is 835 g/mol. The first-order valence-electron chi connectivity index (χ1n) is 25.7. The molecule has 0 radical (unpaired) electrons. The summed E-state index contributed by atoms with van der Waals surface area (Å²) in [6.07, 6.45) is 13.1. The molecule has 0 unspecified atom stereocenters. The van der Waals surface area contributed by atoms with E-state index >= 15 is 0 Å². The van der Waals surface area contributed by atoms with Crippen LogP contribution in [0.25, 0.3) is 66.4 Å². The van der Waals surface area contributed by atoms with Crippen molar-refractivity contribution in [3.8, 4) is 44.5 Å². The van der Waals surface area contributed by atoms with Crippen molar-refractivity contribution < 1.29 is 4.42 Å². The van der Waals surface area contributed by atoms with Crippen LogP contribution in [-0.2, 0) is 5.41 Å². The third-order valence-electron chi connectivity index (χ3n) is 16.7. The molecule has 0 bridgehead atoms. The maximum Gasteiger partial charge on any atom is 0.143 e. The fourth-order valence-corrected chi connectivity index (χ4v) is 13.5. The Bertz CT molecular complexity index is 3520. The molecule has 4 aliphatic rings. The summed E-state index contributed by atoms with van der Waals surface area (Å²) in [4.78, 5) is 2.55. The largest absolute Gasteiger partial charge is 0.455 e. The Kier molecular flexibility index (Phi) is 9.65. The molecule has 0 N–H and O–H groups in total. The van der Waals surface area contributed by atoms with Crippen molar-refractivity contribution in [2.24, 2.45) is 0 Å². The van der Waals surface area contributed by atoms with Crippen molar-refractivity contribution in [1.82, 2.24) is 0 Å². The molecule has 1 aromatic heterocycles. The van der Waals surface area contributed by atoms with Crippen LogP contribution >= 0.6 is 0 Å². The number of fused-ring (bicyclic) bond motifs is 13. The average molecular weight is 890 g/mol. The number of hydrogen-bond donors (Lipinski definition) is 0. The molecule has 2 saturated carbocycles. The van der Waals surface area contributed by atoms with Crippen LogP contribution in [0.15, 0.2) is 205 Å². The van der Waals surface area contributed by atoms with Gasteiger partial charge in [0.05, 0.1) is 16.8 Å². The molecule has 4 aliphatic carbocycles. The summed E-state index contributed by atoms with van der Waals surface area (Å²) >= 11 is 0. The Labute approximate surface area is 405 Å². The summed E-state index contributed by atoms with van der Waals surface area (Å²) in [5.41, 5.74) is 23.6. The molecular formula is C67H55NO. The van der Waals surface area contributed by atoms with Gasteiger partial charge in [0, 0.05) is 33.2 Å². The zero-order valence-corrected chi connectivity index (χ0v) is 39.1. The topological polar surface area (TPSA) is 16.4 Å². The molecule has 0 atom stereocenters. The fourth-order valence-electron chi connectivity index (χ4n) is 13.5. The highest BCUT2D eigenvalue weighted by molar-refractivity contribution is 6.10. The third-order valence-corrected chi connectivity index (χ3v) is 16.7. The van der Waals surface area contributed by atoms with Crippen LogP contribution in [0.5, 0.6) is 0 Å². The zero-order valence-electron chi connectivity index (χ0n) is 39.1.